The maximum absolute atomic E-state index is 5.95. The molecule has 0 aliphatic carbocycles. The van der Waals surface area contributed by atoms with E-state index in [1.54, 1.807) is 7.11 Å². The van der Waals surface area contributed by atoms with Crippen molar-refractivity contribution >= 4 is 11.6 Å². The number of benzene rings is 1. The first kappa shape index (κ1) is 20.7. The lowest BCUT2D eigenvalue weighted by atomic mass is 10.1. The molecule has 0 spiro atoms. The lowest BCUT2D eigenvalue weighted by Crippen LogP contribution is -2.46. The molecule has 0 bridgehead atoms. The fraction of sp³-hybridized carbons (Fsp3) is 0.591. The zero-order valence-electron chi connectivity index (χ0n) is 17.3. The van der Waals surface area contributed by atoms with Crippen LogP contribution in [-0.2, 0) is 16.0 Å². The Morgan fingerprint density at radius 3 is 2.46 bits per heavy atom. The standard InChI is InChI=1S/C22H34N4O2/c1-23-22(26-14-10-21(11-15-26)28-17-5-16-27-2)24-18-19-6-8-20(9-7-19)25-12-3-4-13-25/h3-4,6-9,21H,5,10-18H2,1-2H3,(H,23,24). The molecular weight excluding hydrogens is 352 g/mol. The number of methoxy groups -OCH3 is 1. The van der Waals surface area contributed by atoms with Gasteiger partial charge >= 0.3 is 0 Å². The van der Waals surface area contributed by atoms with Gasteiger partial charge in [0.2, 0.25) is 0 Å². The Morgan fingerprint density at radius 1 is 1.11 bits per heavy atom. The van der Waals surface area contributed by atoms with Gasteiger partial charge in [-0.1, -0.05) is 24.3 Å². The molecule has 1 aromatic carbocycles. The first-order valence-corrected chi connectivity index (χ1v) is 10.3. The smallest absolute Gasteiger partial charge is 0.193 e. The minimum absolute atomic E-state index is 0.360. The number of guanidine groups is 1. The number of aliphatic imine (C=N–C) groups is 1. The van der Waals surface area contributed by atoms with Crippen molar-refractivity contribution in [2.45, 2.75) is 31.9 Å². The predicted octanol–water partition coefficient (Wildman–Crippen LogP) is 2.66. The van der Waals surface area contributed by atoms with Gasteiger partial charge in [0.1, 0.15) is 0 Å². The summed E-state index contributed by atoms with van der Waals surface area (Å²) in [4.78, 5) is 9.17. The van der Waals surface area contributed by atoms with Crippen molar-refractivity contribution in [1.29, 1.82) is 0 Å². The van der Waals surface area contributed by atoms with Crippen LogP contribution in [0.5, 0.6) is 0 Å². The zero-order valence-corrected chi connectivity index (χ0v) is 17.3. The van der Waals surface area contributed by atoms with Crippen molar-refractivity contribution in [2.24, 2.45) is 4.99 Å². The van der Waals surface area contributed by atoms with E-state index >= 15 is 0 Å². The molecular formula is C22H34N4O2. The van der Waals surface area contributed by atoms with Crippen molar-refractivity contribution < 1.29 is 9.47 Å². The molecule has 1 fully saturated rings. The van der Waals surface area contributed by atoms with E-state index in [1.807, 2.05) is 7.05 Å². The molecule has 0 atom stereocenters. The third-order valence-corrected chi connectivity index (χ3v) is 5.37. The Morgan fingerprint density at radius 2 is 1.82 bits per heavy atom. The van der Waals surface area contributed by atoms with Gasteiger partial charge in [-0.25, -0.2) is 0 Å². The SMILES string of the molecule is CN=C(NCc1ccc(N2CC=CC2)cc1)N1CCC(OCCCOC)CC1. The molecule has 154 valence electrons. The Hall–Kier alpha value is -2.05. The lowest BCUT2D eigenvalue weighted by Gasteiger charge is -2.34. The summed E-state index contributed by atoms with van der Waals surface area (Å²) >= 11 is 0. The number of rotatable bonds is 8. The minimum atomic E-state index is 0.360. The second-order valence-electron chi connectivity index (χ2n) is 7.35. The number of hydrogen-bond donors (Lipinski definition) is 1. The van der Waals surface area contributed by atoms with E-state index in [0.717, 1.165) is 71.2 Å². The predicted molar refractivity (Wildman–Crippen MR) is 115 cm³/mol. The number of hydrogen-bond acceptors (Lipinski definition) is 4. The van der Waals surface area contributed by atoms with Crippen LogP contribution in [0.2, 0.25) is 0 Å². The summed E-state index contributed by atoms with van der Waals surface area (Å²) in [5.74, 6) is 0.977. The summed E-state index contributed by atoms with van der Waals surface area (Å²) in [6.45, 7) is 6.33. The monoisotopic (exact) mass is 386 g/mol. The van der Waals surface area contributed by atoms with Gasteiger partial charge in [-0.05, 0) is 37.0 Å². The van der Waals surface area contributed by atoms with E-state index < -0.39 is 0 Å². The summed E-state index contributed by atoms with van der Waals surface area (Å²) in [6.07, 6.45) is 7.85. The van der Waals surface area contributed by atoms with E-state index in [0.29, 0.717) is 6.10 Å². The third kappa shape index (κ3) is 5.97. The average Bonchev–Trinajstić information content (AvgIpc) is 3.28. The van der Waals surface area contributed by atoms with Crippen molar-refractivity contribution in [2.75, 3.05) is 58.5 Å². The first-order chi connectivity index (χ1) is 13.8. The molecule has 0 aromatic heterocycles. The van der Waals surface area contributed by atoms with Crippen LogP contribution in [0.3, 0.4) is 0 Å². The van der Waals surface area contributed by atoms with E-state index in [2.05, 4.69) is 56.5 Å². The molecule has 3 rings (SSSR count). The number of likely N-dealkylation sites (tertiary alicyclic amines) is 1. The Bertz CT molecular complexity index is 628. The first-order valence-electron chi connectivity index (χ1n) is 10.3. The molecule has 28 heavy (non-hydrogen) atoms. The van der Waals surface area contributed by atoms with Crippen molar-refractivity contribution in [3.63, 3.8) is 0 Å². The highest BCUT2D eigenvalue weighted by molar-refractivity contribution is 5.80. The molecule has 6 heteroatoms. The van der Waals surface area contributed by atoms with Crippen LogP contribution in [0.1, 0.15) is 24.8 Å². The average molecular weight is 387 g/mol. The van der Waals surface area contributed by atoms with Gasteiger partial charge in [-0.3, -0.25) is 4.99 Å². The molecule has 0 saturated carbocycles. The van der Waals surface area contributed by atoms with Crippen LogP contribution in [-0.4, -0.2) is 70.5 Å². The van der Waals surface area contributed by atoms with Crippen molar-refractivity contribution in [3.8, 4) is 0 Å². The van der Waals surface area contributed by atoms with Crippen LogP contribution in [0.4, 0.5) is 5.69 Å². The second-order valence-corrected chi connectivity index (χ2v) is 7.35. The molecule has 2 aliphatic rings. The van der Waals surface area contributed by atoms with Crippen LogP contribution in [0, 0.1) is 0 Å². The summed E-state index contributed by atoms with van der Waals surface area (Å²) in [5.41, 5.74) is 2.55. The Balaban J connectivity index is 1.40. The summed E-state index contributed by atoms with van der Waals surface area (Å²) in [5, 5.41) is 3.51. The van der Waals surface area contributed by atoms with Crippen LogP contribution < -0.4 is 10.2 Å². The fourth-order valence-electron chi connectivity index (χ4n) is 3.71. The third-order valence-electron chi connectivity index (χ3n) is 5.37. The molecule has 1 saturated heterocycles. The quantitative estimate of drug-likeness (QED) is 0.322. The summed E-state index contributed by atoms with van der Waals surface area (Å²) in [6, 6.07) is 8.82. The highest BCUT2D eigenvalue weighted by Gasteiger charge is 2.21. The summed E-state index contributed by atoms with van der Waals surface area (Å²) in [7, 11) is 3.59. The largest absolute Gasteiger partial charge is 0.385 e. The van der Waals surface area contributed by atoms with Gasteiger partial charge in [-0.15, -0.1) is 0 Å². The van der Waals surface area contributed by atoms with Crippen LogP contribution in [0.15, 0.2) is 41.4 Å². The highest BCUT2D eigenvalue weighted by Crippen LogP contribution is 2.18. The molecule has 2 aliphatic heterocycles. The molecule has 2 heterocycles. The van der Waals surface area contributed by atoms with Crippen LogP contribution in [0.25, 0.3) is 0 Å². The molecule has 0 radical (unpaired) electrons. The molecule has 6 nitrogen and oxygen atoms in total. The molecule has 0 unspecified atom stereocenters. The Kier molecular flexibility index (Phi) is 8.18. The molecule has 0 amide bonds. The van der Waals surface area contributed by atoms with Crippen LogP contribution >= 0.6 is 0 Å². The van der Waals surface area contributed by atoms with E-state index in [-0.39, 0.29) is 0 Å². The van der Waals surface area contributed by atoms with E-state index in [1.165, 1.54) is 11.3 Å². The maximum atomic E-state index is 5.95. The van der Waals surface area contributed by atoms with Gasteiger partial charge < -0.3 is 24.6 Å². The Labute approximate surface area is 169 Å². The van der Waals surface area contributed by atoms with Gasteiger partial charge in [0.05, 0.1) is 6.10 Å². The maximum Gasteiger partial charge on any atom is 0.193 e. The second kappa shape index (κ2) is 11.1. The fourth-order valence-corrected chi connectivity index (χ4v) is 3.71. The van der Waals surface area contributed by atoms with Gasteiger partial charge in [0, 0.05) is 65.8 Å². The number of piperidine rings is 1. The molecule has 1 N–H and O–H groups in total. The normalized spacial score (nSPS) is 18.1. The van der Waals surface area contributed by atoms with Gasteiger partial charge in [0.15, 0.2) is 5.96 Å². The van der Waals surface area contributed by atoms with Gasteiger partial charge in [0.25, 0.3) is 0 Å². The van der Waals surface area contributed by atoms with Gasteiger partial charge in [-0.2, -0.15) is 0 Å². The topological polar surface area (TPSA) is 49.3 Å². The number of nitrogens with one attached hydrogen (secondary N) is 1. The minimum Gasteiger partial charge on any atom is -0.385 e. The van der Waals surface area contributed by atoms with E-state index in [9.17, 15) is 0 Å². The lowest BCUT2D eigenvalue weighted by molar-refractivity contribution is 0.00989. The van der Waals surface area contributed by atoms with Crippen molar-refractivity contribution in [1.82, 2.24) is 10.2 Å². The number of anilines is 1. The number of nitrogens with zero attached hydrogens (tertiary/aromatic N) is 3. The zero-order chi connectivity index (χ0) is 19.6. The number of ether oxygens (including phenoxy) is 2. The van der Waals surface area contributed by atoms with E-state index in [4.69, 9.17) is 9.47 Å². The highest BCUT2D eigenvalue weighted by atomic mass is 16.5. The molecule has 1 aromatic rings. The summed E-state index contributed by atoms with van der Waals surface area (Å²) < 4.78 is 11.0. The van der Waals surface area contributed by atoms with Crippen molar-refractivity contribution in [3.05, 3.63) is 42.0 Å².